The van der Waals surface area contributed by atoms with Crippen molar-refractivity contribution in [1.82, 2.24) is 0 Å². The third kappa shape index (κ3) is 5.55. The molecule has 0 bridgehead atoms. The molecule has 2 rings (SSSR count). The number of carboxylic acid groups (broad SMARTS) is 1. The smallest absolute Gasteiger partial charge is 0.303 e. The first kappa shape index (κ1) is 17.3. The molecule has 0 atom stereocenters. The Bertz CT molecular complexity index is 612. The lowest BCUT2D eigenvalue weighted by Gasteiger charge is -2.25. The maximum absolute atomic E-state index is 10.6. The van der Waals surface area contributed by atoms with Gasteiger partial charge in [-0.05, 0) is 47.8 Å². The highest BCUT2D eigenvalue weighted by Gasteiger charge is 2.20. The van der Waals surface area contributed by atoms with Crippen LogP contribution in [0.2, 0.25) is 0 Å². The first-order chi connectivity index (χ1) is 11.0. The molecule has 0 aliphatic carbocycles. The number of carbonyl (C=O) groups is 1. The van der Waals surface area contributed by atoms with E-state index in [-0.39, 0.29) is 11.8 Å². The van der Waals surface area contributed by atoms with E-state index < -0.39 is 5.97 Å². The zero-order chi connectivity index (χ0) is 16.7. The molecule has 0 unspecified atom stereocenters. The van der Waals surface area contributed by atoms with Crippen LogP contribution in [0.1, 0.15) is 49.8 Å². The number of hydrogen-bond donors (Lipinski definition) is 1. The Kier molecular flexibility index (Phi) is 5.97. The SMILES string of the molecule is CC(C)(CCc1ccccc1)c1ccc(CCCC(=O)O)cc1. The molecule has 0 amide bonds. The number of aliphatic carboxylic acids is 1. The van der Waals surface area contributed by atoms with Crippen molar-refractivity contribution in [3.8, 4) is 0 Å². The number of hydrogen-bond acceptors (Lipinski definition) is 1. The van der Waals surface area contributed by atoms with Crippen molar-refractivity contribution in [2.24, 2.45) is 0 Å². The van der Waals surface area contributed by atoms with Crippen molar-refractivity contribution in [2.75, 3.05) is 0 Å². The normalized spacial score (nSPS) is 11.4. The maximum atomic E-state index is 10.6. The summed E-state index contributed by atoms with van der Waals surface area (Å²) in [4.78, 5) is 10.6. The molecule has 0 heterocycles. The summed E-state index contributed by atoms with van der Waals surface area (Å²) in [7, 11) is 0. The van der Waals surface area contributed by atoms with Gasteiger partial charge in [0, 0.05) is 6.42 Å². The lowest BCUT2D eigenvalue weighted by Crippen LogP contribution is -2.18. The zero-order valence-electron chi connectivity index (χ0n) is 14.1. The van der Waals surface area contributed by atoms with E-state index in [0.717, 1.165) is 19.3 Å². The van der Waals surface area contributed by atoms with Crippen LogP contribution in [0.25, 0.3) is 0 Å². The molecular weight excluding hydrogens is 284 g/mol. The third-order valence-electron chi connectivity index (χ3n) is 4.47. The minimum atomic E-state index is -0.719. The second-order valence-electron chi connectivity index (χ2n) is 6.81. The van der Waals surface area contributed by atoms with E-state index in [1.54, 1.807) is 0 Å². The largest absolute Gasteiger partial charge is 0.481 e. The van der Waals surface area contributed by atoms with Crippen LogP contribution in [0.3, 0.4) is 0 Å². The Labute approximate surface area is 139 Å². The predicted molar refractivity (Wildman–Crippen MR) is 94.8 cm³/mol. The first-order valence-electron chi connectivity index (χ1n) is 8.32. The molecule has 0 fully saturated rings. The molecule has 0 aromatic heterocycles. The number of benzene rings is 2. The molecule has 0 saturated carbocycles. The van der Waals surface area contributed by atoms with Crippen LogP contribution < -0.4 is 0 Å². The quantitative estimate of drug-likeness (QED) is 0.744. The number of rotatable bonds is 8. The summed E-state index contributed by atoms with van der Waals surface area (Å²) in [5, 5.41) is 8.70. The van der Waals surface area contributed by atoms with Crippen molar-refractivity contribution in [3.05, 3.63) is 71.3 Å². The summed E-state index contributed by atoms with van der Waals surface area (Å²) >= 11 is 0. The zero-order valence-corrected chi connectivity index (χ0v) is 14.1. The maximum Gasteiger partial charge on any atom is 0.303 e. The summed E-state index contributed by atoms with van der Waals surface area (Å²) in [5.74, 6) is -0.719. The lowest BCUT2D eigenvalue weighted by atomic mass is 9.79. The molecule has 0 aliphatic heterocycles. The van der Waals surface area contributed by atoms with Crippen LogP contribution in [-0.4, -0.2) is 11.1 Å². The standard InChI is InChI=1S/C21H26O2/c1-21(2,16-15-17-7-4-3-5-8-17)19-13-11-18(12-14-19)9-6-10-20(22)23/h3-5,7-8,11-14H,6,9-10,15-16H2,1-2H3,(H,22,23). The van der Waals surface area contributed by atoms with Crippen molar-refractivity contribution in [3.63, 3.8) is 0 Å². The van der Waals surface area contributed by atoms with Crippen LogP contribution in [0.15, 0.2) is 54.6 Å². The highest BCUT2D eigenvalue weighted by molar-refractivity contribution is 5.66. The topological polar surface area (TPSA) is 37.3 Å². The van der Waals surface area contributed by atoms with E-state index in [9.17, 15) is 4.79 Å². The average molecular weight is 310 g/mol. The molecule has 0 radical (unpaired) electrons. The molecular formula is C21H26O2. The van der Waals surface area contributed by atoms with E-state index in [1.807, 2.05) is 0 Å². The van der Waals surface area contributed by atoms with Gasteiger partial charge in [0.1, 0.15) is 0 Å². The van der Waals surface area contributed by atoms with E-state index in [1.165, 1.54) is 16.7 Å². The lowest BCUT2D eigenvalue weighted by molar-refractivity contribution is -0.137. The van der Waals surface area contributed by atoms with Crippen molar-refractivity contribution < 1.29 is 9.90 Å². The van der Waals surface area contributed by atoms with Gasteiger partial charge in [-0.25, -0.2) is 0 Å². The molecule has 2 aromatic carbocycles. The fraction of sp³-hybridized carbons (Fsp3) is 0.381. The van der Waals surface area contributed by atoms with Gasteiger partial charge in [0.05, 0.1) is 0 Å². The molecule has 0 spiro atoms. The third-order valence-corrected chi connectivity index (χ3v) is 4.47. The predicted octanol–water partition coefficient (Wildman–Crippen LogP) is 5.00. The second kappa shape index (κ2) is 7.96. The molecule has 2 heteroatoms. The second-order valence-corrected chi connectivity index (χ2v) is 6.81. The van der Waals surface area contributed by atoms with Gasteiger partial charge in [-0.1, -0.05) is 68.4 Å². The van der Waals surface area contributed by atoms with Crippen LogP contribution in [0.4, 0.5) is 0 Å². The molecule has 2 aromatic rings. The van der Waals surface area contributed by atoms with Crippen LogP contribution in [0, 0.1) is 0 Å². The van der Waals surface area contributed by atoms with Gasteiger partial charge in [0.25, 0.3) is 0 Å². The fourth-order valence-corrected chi connectivity index (χ4v) is 2.81. The molecule has 0 saturated heterocycles. The first-order valence-corrected chi connectivity index (χ1v) is 8.32. The van der Waals surface area contributed by atoms with Gasteiger partial charge in [0.2, 0.25) is 0 Å². The van der Waals surface area contributed by atoms with Gasteiger partial charge < -0.3 is 5.11 Å². The van der Waals surface area contributed by atoms with Gasteiger partial charge in [0.15, 0.2) is 0 Å². The monoisotopic (exact) mass is 310 g/mol. The minimum absolute atomic E-state index is 0.134. The highest BCUT2D eigenvalue weighted by Crippen LogP contribution is 2.29. The Morgan fingerprint density at radius 3 is 2.13 bits per heavy atom. The van der Waals surface area contributed by atoms with Gasteiger partial charge in [-0.15, -0.1) is 0 Å². The van der Waals surface area contributed by atoms with E-state index >= 15 is 0 Å². The molecule has 122 valence electrons. The Balaban J connectivity index is 1.92. The number of carboxylic acids is 1. The van der Waals surface area contributed by atoms with Crippen LogP contribution in [0.5, 0.6) is 0 Å². The summed E-state index contributed by atoms with van der Waals surface area (Å²) in [5.41, 5.74) is 4.07. The number of aryl methyl sites for hydroxylation is 2. The van der Waals surface area contributed by atoms with Crippen molar-refractivity contribution >= 4 is 5.97 Å². The van der Waals surface area contributed by atoms with Crippen LogP contribution >= 0.6 is 0 Å². The molecule has 23 heavy (non-hydrogen) atoms. The van der Waals surface area contributed by atoms with Crippen molar-refractivity contribution in [1.29, 1.82) is 0 Å². The molecule has 1 N–H and O–H groups in total. The van der Waals surface area contributed by atoms with E-state index in [0.29, 0.717) is 6.42 Å². The highest BCUT2D eigenvalue weighted by atomic mass is 16.4. The van der Waals surface area contributed by atoms with Crippen molar-refractivity contribution in [2.45, 2.75) is 51.4 Å². The fourth-order valence-electron chi connectivity index (χ4n) is 2.81. The van der Waals surface area contributed by atoms with Gasteiger partial charge in [-0.3, -0.25) is 4.79 Å². The Hall–Kier alpha value is -2.09. The van der Waals surface area contributed by atoms with Gasteiger partial charge >= 0.3 is 5.97 Å². The summed E-state index contributed by atoms with van der Waals surface area (Å²) < 4.78 is 0. The average Bonchev–Trinajstić information content (AvgIpc) is 2.54. The van der Waals surface area contributed by atoms with Gasteiger partial charge in [-0.2, -0.15) is 0 Å². The van der Waals surface area contributed by atoms with Crippen LogP contribution in [-0.2, 0) is 23.1 Å². The Morgan fingerprint density at radius 2 is 1.52 bits per heavy atom. The van der Waals surface area contributed by atoms with E-state index in [4.69, 9.17) is 5.11 Å². The minimum Gasteiger partial charge on any atom is -0.481 e. The molecule has 2 nitrogen and oxygen atoms in total. The summed E-state index contributed by atoms with van der Waals surface area (Å²) in [6.07, 6.45) is 3.96. The van der Waals surface area contributed by atoms with E-state index in [2.05, 4.69) is 68.4 Å². The summed E-state index contributed by atoms with van der Waals surface area (Å²) in [6, 6.07) is 19.3. The summed E-state index contributed by atoms with van der Waals surface area (Å²) in [6.45, 7) is 4.57. The Morgan fingerprint density at radius 1 is 0.913 bits per heavy atom. The molecule has 0 aliphatic rings.